The van der Waals surface area contributed by atoms with E-state index in [4.69, 9.17) is 10.8 Å². The predicted molar refractivity (Wildman–Crippen MR) is 195 cm³/mol. The Morgan fingerprint density at radius 2 is 1.53 bits per heavy atom. The summed E-state index contributed by atoms with van der Waals surface area (Å²) in [5, 5.41) is 16.7. The van der Waals surface area contributed by atoms with Gasteiger partial charge in [0, 0.05) is 31.4 Å². The number of ether oxygens (including phenoxy) is 1. The summed E-state index contributed by atoms with van der Waals surface area (Å²) in [5.74, 6) is 1.41. The van der Waals surface area contributed by atoms with Gasteiger partial charge in [-0.3, -0.25) is 19.2 Å². The van der Waals surface area contributed by atoms with Gasteiger partial charge in [0.05, 0.1) is 25.9 Å². The molecule has 11 heteroatoms. The highest BCUT2D eigenvalue weighted by atomic mass is 28.4. The Balaban J connectivity index is 2.12. The van der Waals surface area contributed by atoms with Crippen LogP contribution in [0.15, 0.2) is 24.3 Å². The van der Waals surface area contributed by atoms with Crippen molar-refractivity contribution in [3.05, 3.63) is 35.4 Å². The number of nitrogens with one attached hydrogen (secondary N) is 2. The first-order chi connectivity index (χ1) is 22.8. The molecule has 1 aliphatic heterocycles. The number of carbonyl (C=O) groups excluding carboxylic acids is 4. The normalized spacial score (nSPS) is 17.9. The van der Waals surface area contributed by atoms with Crippen LogP contribution in [0.1, 0.15) is 116 Å². The van der Waals surface area contributed by atoms with Crippen LogP contribution in [0.4, 0.5) is 0 Å². The third-order valence-corrected chi connectivity index (χ3v) is 14.3. The zero-order valence-corrected chi connectivity index (χ0v) is 32.3. The molecule has 3 amide bonds. The minimum absolute atomic E-state index is 0.00263. The van der Waals surface area contributed by atoms with Crippen LogP contribution >= 0.6 is 0 Å². The van der Waals surface area contributed by atoms with Crippen LogP contribution in [0.5, 0.6) is 0 Å². The highest BCUT2D eigenvalue weighted by Gasteiger charge is 2.45. The molecule has 49 heavy (non-hydrogen) atoms. The summed E-state index contributed by atoms with van der Waals surface area (Å²) >= 11 is 0. The maximum atomic E-state index is 14.1. The summed E-state index contributed by atoms with van der Waals surface area (Å²) in [6, 6.07) is 5.09. The molecule has 0 aliphatic carbocycles. The molecule has 1 aliphatic rings. The molecule has 0 spiro atoms. The second-order valence-corrected chi connectivity index (χ2v) is 20.7. The summed E-state index contributed by atoms with van der Waals surface area (Å²) in [5.41, 5.74) is 0.903. The second-order valence-electron chi connectivity index (χ2n) is 15.9. The topological polar surface area (TPSA) is 134 Å². The number of hydrogen-bond donors (Lipinski definition) is 3. The Hall–Kier alpha value is -3.20. The molecule has 1 aromatic rings. The lowest BCUT2D eigenvalue weighted by atomic mass is 9.85. The first kappa shape index (κ1) is 42.0. The molecule has 1 aromatic carbocycles. The van der Waals surface area contributed by atoms with Crippen molar-refractivity contribution in [3.63, 3.8) is 0 Å². The number of esters is 1. The summed E-state index contributed by atoms with van der Waals surface area (Å²) in [6.07, 6.45) is 10.7. The van der Waals surface area contributed by atoms with Gasteiger partial charge in [-0.05, 0) is 54.1 Å². The van der Waals surface area contributed by atoms with Crippen LogP contribution in [0, 0.1) is 17.8 Å². The van der Waals surface area contributed by atoms with Crippen LogP contribution in [0.25, 0.3) is 0 Å². The van der Waals surface area contributed by atoms with Gasteiger partial charge in [0.15, 0.2) is 8.32 Å². The van der Waals surface area contributed by atoms with Gasteiger partial charge in [0.2, 0.25) is 17.7 Å². The van der Waals surface area contributed by atoms with Crippen molar-refractivity contribution in [2.75, 3.05) is 20.3 Å². The van der Waals surface area contributed by atoms with Crippen molar-refractivity contribution >= 4 is 32.0 Å². The van der Waals surface area contributed by atoms with Crippen LogP contribution in [0.3, 0.4) is 0 Å². The number of β-amino-alcohol motifs (C(OH)–C–C–N with tert-alkyl or cyclic N) is 1. The number of likely N-dealkylation sites (tertiary alicyclic amines) is 1. The fourth-order valence-corrected chi connectivity index (χ4v) is 6.54. The molecule has 0 unspecified atom stereocenters. The van der Waals surface area contributed by atoms with Gasteiger partial charge in [-0.15, -0.1) is 6.42 Å². The van der Waals surface area contributed by atoms with Crippen LogP contribution in [0.2, 0.25) is 18.1 Å². The van der Waals surface area contributed by atoms with Gasteiger partial charge < -0.3 is 29.8 Å². The van der Waals surface area contributed by atoms with Gasteiger partial charge in [-0.2, -0.15) is 0 Å². The van der Waals surface area contributed by atoms with E-state index in [1.165, 1.54) is 12.0 Å². The van der Waals surface area contributed by atoms with Crippen molar-refractivity contribution < 1.29 is 33.4 Å². The van der Waals surface area contributed by atoms with E-state index in [1.807, 2.05) is 45.0 Å². The maximum absolute atomic E-state index is 14.1. The van der Waals surface area contributed by atoms with E-state index in [0.29, 0.717) is 12.8 Å². The molecule has 0 aromatic heterocycles. The molecule has 0 bridgehead atoms. The third-order valence-electron chi connectivity index (χ3n) is 9.76. The van der Waals surface area contributed by atoms with Crippen LogP contribution < -0.4 is 10.6 Å². The lowest BCUT2D eigenvalue weighted by Crippen LogP contribution is -2.58. The summed E-state index contributed by atoms with van der Waals surface area (Å²) < 4.78 is 11.2. The molecular formula is C38H61N3O7Si. The van der Waals surface area contributed by atoms with Crippen LogP contribution in [-0.2, 0) is 28.3 Å². The summed E-state index contributed by atoms with van der Waals surface area (Å²) in [4.78, 5) is 53.7. The molecule has 2 rings (SSSR count). The summed E-state index contributed by atoms with van der Waals surface area (Å²) in [7, 11) is -0.774. The minimum Gasteiger partial charge on any atom is -0.469 e. The fraction of sp³-hybridized carbons (Fsp3) is 0.684. The molecule has 3 N–H and O–H groups in total. The number of rotatable bonds is 17. The van der Waals surface area contributed by atoms with E-state index in [0.717, 1.165) is 43.2 Å². The van der Waals surface area contributed by atoms with Gasteiger partial charge in [0.25, 0.3) is 0 Å². The highest BCUT2D eigenvalue weighted by Crippen LogP contribution is 2.37. The van der Waals surface area contributed by atoms with Gasteiger partial charge in [-0.1, -0.05) is 85.3 Å². The SMILES string of the molecule is C#Cc1ccc([C@H](CO[Si](C)(C)C(C)(C)C)NC(=O)[C@@H]2C[C@@H](O)CN2C(=O)[C@@H](NC(=O)CCCCCCCCC(=O)OC)C(C)(C)C)cc1. The Labute approximate surface area is 295 Å². The van der Waals surface area contributed by atoms with E-state index >= 15 is 0 Å². The monoisotopic (exact) mass is 699 g/mol. The Morgan fingerprint density at radius 3 is 2.06 bits per heavy atom. The van der Waals surface area contributed by atoms with Crippen molar-refractivity contribution in [1.82, 2.24) is 15.5 Å². The van der Waals surface area contributed by atoms with Crippen molar-refractivity contribution in [2.45, 2.75) is 142 Å². The number of carbonyl (C=O) groups is 4. The Kier molecular flexibility index (Phi) is 16.0. The maximum Gasteiger partial charge on any atom is 0.305 e. The molecule has 0 saturated carbocycles. The molecule has 274 valence electrons. The van der Waals surface area contributed by atoms with Gasteiger partial charge in [-0.25, -0.2) is 0 Å². The molecule has 4 atom stereocenters. The number of aliphatic hydroxyl groups excluding tert-OH is 1. The lowest BCUT2D eigenvalue weighted by molar-refractivity contribution is -0.144. The first-order valence-corrected chi connectivity index (χ1v) is 20.6. The fourth-order valence-electron chi connectivity index (χ4n) is 5.53. The number of benzene rings is 1. The van der Waals surface area contributed by atoms with Crippen molar-refractivity contribution in [1.29, 1.82) is 0 Å². The minimum atomic E-state index is -2.16. The molecule has 0 radical (unpaired) electrons. The van der Waals surface area contributed by atoms with Crippen molar-refractivity contribution in [3.8, 4) is 12.3 Å². The first-order valence-electron chi connectivity index (χ1n) is 17.7. The number of amides is 3. The number of methoxy groups -OCH3 is 1. The van der Waals surface area contributed by atoms with E-state index in [1.54, 1.807) is 0 Å². The quantitative estimate of drug-likeness (QED) is 0.0831. The van der Waals surface area contributed by atoms with E-state index in [9.17, 15) is 24.3 Å². The highest BCUT2D eigenvalue weighted by molar-refractivity contribution is 6.74. The van der Waals surface area contributed by atoms with E-state index < -0.39 is 43.9 Å². The average molecular weight is 700 g/mol. The molecule has 1 saturated heterocycles. The second kappa shape index (κ2) is 18.7. The number of terminal acetylenes is 1. The largest absolute Gasteiger partial charge is 0.469 e. The number of aliphatic hydroxyl groups is 1. The van der Waals surface area contributed by atoms with Gasteiger partial charge >= 0.3 is 5.97 Å². The molecule has 1 fully saturated rings. The van der Waals surface area contributed by atoms with Crippen LogP contribution in [-0.4, -0.2) is 80.5 Å². The molecule has 10 nitrogen and oxygen atoms in total. The zero-order chi connectivity index (χ0) is 37.0. The zero-order valence-electron chi connectivity index (χ0n) is 31.3. The number of unbranched alkanes of at least 4 members (excludes halogenated alkanes) is 5. The number of nitrogens with zero attached hydrogens (tertiary/aromatic N) is 1. The predicted octanol–water partition coefficient (Wildman–Crippen LogP) is 5.63. The Morgan fingerprint density at radius 1 is 0.959 bits per heavy atom. The standard InChI is InChI=1S/C38H61N3O7Si/c1-11-27-20-22-28(23-21-27)30(26-48-49(9,10)38(5,6)7)39-35(45)31-24-29(42)25-41(31)36(46)34(37(2,3)4)40-32(43)18-16-14-12-13-15-17-19-33(44)47-8/h1,20-23,29-31,34,42H,12-19,24-26H2,2-10H3,(H,39,45)(H,40,43)/t29-,30+,31+,34-/m1/s1. The molecular weight excluding hydrogens is 639 g/mol. The average Bonchev–Trinajstić information content (AvgIpc) is 3.43. The van der Waals surface area contributed by atoms with E-state index in [-0.39, 0.29) is 48.8 Å². The Bertz CT molecular complexity index is 1290. The third kappa shape index (κ3) is 13.2. The number of hydrogen-bond acceptors (Lipinski definition) is 7. The van der Waals surface area contributed by atoms with Crippen molar-refractivity contribution in [2.24, 2.45) is 5.41 Å². The smallest absolute Gasteiger partial charge is 0.305 e. The van der Waals surface area contributed by atoms with E-state index in [2.05, 4.69) is 55.2 Å². The lowest BCUT2D eigenvalue weighted by Gasteiger charge is -2.38. The van der Waals surface area contributed by atoms with Gasteiger partial charge in [0.1, 0.15) is 12.1 Å². The summed E-state index contributed by atoms with van der Waals surface area (Å²) in [6.45, 7) is 16.6. The molecule has 1 heterocycles.